The van der Waals surface area contributed by atoms with Gasteiger partial charge in [-0.2, -0.15) is 5.26 Å². The molecule has 0 bridgehead atoms. The molecule has 1 aromatic carbocycles. The molecule has 1 aliphatic heterocycles. The van der Waals surface area contributed by atoms with E-state index in [4.69, 9.17) is 14.7 Å². The third-order valence-corrected chi connectivity index (χ3v) is 5.06. The summed E-state index contributed by atoms with van der Waals surface area (Å²) in [6.07, 6.45) is 5.38. The first-order valence-electron chi connectivity index (χ1n) is 9.41. The Bertz CT molecular complexity index is 595. The first-order valence-corrected chi connectivity index (χ1v) is 9.41. The minimum atomic E-state index is 0.517. The third kappa shape index (κ3) is 5.35. The highest BCUT2D eigenvalue weighted by molar-refractivity contribution is 5.42. The predicted molar refractivity (Wildman–Crippen MR) is 97.7 cm³/mol. The summed E-state index contributed by atoms with van der Waals surface area (Å²) in [6, 6.07) is 9.12. The number of nitriles is 1. The van der Waals surface area contributed by atoms with Crippen molar-refractivity contribution in [3.8, 4) is 17.6 Å². The molecule has 1 unspecified atom stereocenters. The molecule has 1 aromatic rings. The van der Waals surface area contributed by atoms with Gasteiger partial charge in [0.15, 0.2) is 11.5 Å². The summed E-state index contributed by atoms with van der Waals surface area (Å²) >= 11 is 0. The zero-order valence-corrected chi connectivity index (χ0v) is 15.2. The Kier molecular flexibility index (Phi) is 6.55. The van der Waals surface area contributed by atoms with E-state index in [9.17, 15) is 0 Å². The van der Waals surface area contributed by atoms with Gasteiger partial charge in [0.25, 0.3) is 0 Å². The van der Waals surface area contributed by atoms with E-state index in [1.807, 2.05) is 12.1 Å². The normalized spacial score (nSPS) is 20.4. The first-order chi connectivity index (χ1) is 12.3. The van der Waals surface area contributed by atoms with Gasteiger partial charge in [0, 0.05) is 25.6 Å². The summed E-state index contributed by atoms with van der Waals surface area (Å²) in [7, 11) is 1.65. The lowest BCUT2D eigenvalue weighted by Gasteiger charge is -2.16. The molecule has 0 radical (unpaired) electrons. The number of nitrogens with one attached hydrogen (secondary N) is 1. The van der Waals surface area contributed by atoms with Crippen molar-refractivity contribution in [2.24, 2.45) is 5.92 Å². The standard InChI is InChI=1S/C20H29N3O2/c1-24-19-7-4-16(12-20(19)25-11-3-2-9-21)13-22-14-17-8-10-23(15-17)18-5-6-18/h4,7,12,17-18,22H,2-3,5-6,8,10-11,13-15H2,1H3. The van der Waals surface area contributed by atoms with Crippen LogP contribution in [-0.2, 0) is 6.54 Å². The number of hydrogen-bond donors (Lipinski definition) is 1. The van der Waals surface area contributed by atoms with Crippen LogP contribution in [0.3, 0.4) is 0 Å². The summed E-state index contributed by atoms with van der Waals surface area (Å²) in [5.74, 6) is 2.29. The maximum atomic E-state index is 8.60. The van der Waals surface area contributed by atoms with Crippen LogP contribution >= 0.6 is 0 Å². The molecule has 1 aliphatic carbocycles. The Morgan fingerprint density at radius 2 is 2.16 bits per heavy atom. The van der Waals surface area contributed by atoms with Crippen molar-refractivity contribution in [2.75, 3.05) is 33.4 Å². The fraction of sp³-hybridized carbons (Fsp3) is 0.650. The van der Waals surface area contributed by atoms with Crippen molar-refractivity contribution in [1.29, 1.82) is 5.26 Å². The van der Waals surface area contributed by atoms with E-state index in [2.05, 4.69) is 22.4 Å². The molecule has 1 N–H and O–H groups in total. The largest absolute Gasteiger partial charge is 0.493 e. The molecule has 1 atom stereocenters. The average Bonchev–Trinajstić information content (AvgIpc) is 3.38. The van der Waals surface area contributed by atoms with Crippen LogP contribution in [0, 0.1) is 17.2 Å². The number of nitrogens with zero attached hydrogens (tertiary/aromatic N) is 2. The number of methoxy groups -OCH3 is 1. The fourth-order valence-electron chi connectivity index (χ4n) is 3.50. The Hall–Kier alpha value is -1.77. The van der Waals surface area contributed by atoms with E-state index in [0.29, 0.717) is 13.0 Å². The van der Waals surface area contributed by atoms with Gasteiger partial charge in [-0.3, -0.25) is 0 Å². The van der Waals surface area contributed by atoms with Gasteiger partial charge in [-0.1, -0.05) is 6.07 Å². The first kappa shape index (κ1) is 18.0. The maximum Gasteiger partial charge on any atom is 0.161 e. The monoisotopic (exact) mass is 343 g/mol. The third-order valence-electron chi connectivity index (χ3n) is 5.06. The van der Waals surface area contributed by atoms with Crippen molar-refractivity contribution >= 4 is 0 Å². The molecule has 5 heteroatoms. The molecule has 1 saturated heterocycles. The SMILES string of the molecule is COc1ccc(CNCC2CCN(C3CC3)C2)cc1OCCCC#N. The number of likely N-dealkylation sites (tertiary alicyclic amines) is 1. The average molecular weight is 343 g/mol. The second-order valence-corrected chi connectivity index (χ2v) is 7.11. The molecular formula is C20H29N3O2. The molecule has 2 fully saturated rings. The molecule has 0 spiro atoms. The lowest BCUT2D eigenvalue weighted by atomic mass is 10.1. The Morgan fingerprint density at radius 1 is 1.28 bits per heavy atom. The summed E-state index contributed by atoms with van der Waals surface area (Å²) in [5, 5.41) is 12.2. The van der Waals surface area contributed by atoms with Gasteiger partial charge in [0.05, 0.1) is 19.8 Å². The second-order valence-electron chi connectivity index (χ2n) is 7.11. The van der Waals surface area contributed by atoms with Crippen LogP contribution in [0.15, 0.2) is 18.2 Å². The lowest BCUT2D eigenvalue weighted by Crippen LogP contribution is -2.27. The molecule has 0 aromatic heterocycles. The molecular weight excluding hydrogens is 314 g/mol. The highest BCUT2D eigenvalue weighted by Gasteiger charge is 2.33. The van der Waals surface area contributed by atoms with Gasteiger partial charge in [0.2, 0.25) is 0 Å². The van der Waals surface area contributed by atoms with E-state index in [1.165, 1.54) is 37.9 Å². The zero-order valence-electron chi connectivity index (χ0n) is 15.2. The van der Waals surface area contributed by atoms with E-state index < -0.39 is 0 Å². The van der Waals surface area contributed by atoms with Gasteiger partial charge in [-0.25, -0.2) is 0 Å². The van der Waals surface area contributed by atoms with Crippen LogP contribution < -0.4 is 14.8 Å². The van der Waals surface area contributed by atoms with Crippen LogP contribution in [0.1, 0.15) is 37.7 Å². The molecule has 1 heterocycles. The Morgan fingerprint density at radius 3 is 2.92 bits per heavy atom. The fourth-order valence-corrected chi connectivity index (χ4v) is 3.50. The minimum absolute atomic E-state index is 0.517. The van der Waals surface area contributed by atoms with Crippen LogP contribution in [0.2, 0.25) is 0 Å². The van der Waals surface area contributed by atoms with Crippen LogP contribution in [0.25, 0.3) is 0 Å². The smallest absolute Gasteiger partial charge is 0.161 e. The van der Waals surface area contributed by atoms with Gasteiger partial charge in [-0.15, -0.1) is 0 Å². The topological polar surface area (TPSA) is 57.5 Å². The maximum absolute atomic E-state index is 8.60. The van der Waals surface area contributed by atoms with E-state index in [0.717, 1.165) is 43.0 Å². The number of rotatable bonds is 10. The van der Waals surface area contributed by atoms with Crippen molar-refractivity contribution in [3.63, 3.8) is 0 Å². The number of ether oxygens (including phenoxy) is 2. The summed E-state index contributed by atoms with van der Waals surface area (Å²) in [5.41, 5.74) is 1.20. The van der Waals surface area contributed by atoms with Crippen molar-refractivity contribution < 1.29 is 9.47 Å². The highest BCUT2D eigenvalue weighted by atomic mass is 16.5. The molecule has 1 saturated carbocycles. The van der Waals surface area contributed by atoms with Gasteiger partial charge in [0.1, 0.15) is 0 Å². The van der Waals surface area contributed by atoms with E-state index in [-0.39, 0.29) is 0 Å². The molecule has 0 amide bonds. The number of unbranched alkanes of at least 4 members (excludes halogenated alkanes) is 1. The van der Waals surface area contributed by atoms with Gasteiger partial charge < -0.3 is 19.7 Å². The molecule has 5 nitrogen and oxygen atoms in total. The summed E-state index contributed by atoms with van der Waals surface area (Å²) in [6.45, 7) is 5.00. The van der Waals surface area contributed by atoms with Crippen molar-refractivity contribution in [1.82, 2.24) is 10.2 Å². The van der Waals surface area contributed by atoms with Crippen molar-refractivity contribution in [3.05, 3.63) is 23.8 Å². The molecule has 136 valence electrons. The molecule has 25 heavy (non-hydrogen) atoms. The van der Waals surface area contributed by atoms with Crippen LogP contribution in [-0.4, -0.2) is 44.3 Å². The Labute approximate surface area is 150 Å². The van der Waals surface area contributed by atoms with Crippen LogP contribution in [0.5, 0.6) is 11.5 Å². The number of hydrogen-bond acceptors (Lipinski definition) is 5. The van der Waals surface area contributed by atoms with E-state index in [1.54, 1.807) is 7.11 Å². The Balaban J connectivity index is 1.44. The van der Waals surface area contributed by atoms with Gasteiger partial charge in [-0.05, 0) is 62.4 Å². The molecule has 2 aliphatic rings. The summed E-state index contributed by atoms with van der Waals surface area (Å²) < 4.78 is 11.2. The lowest BCUT2D eigenvalue weighted by molar-refractivity contribution is 0.290. The van der Waals surface area contributed by atoms with Crippen molar-refractivity contribution in [2.45, 2.75) is 44.7 Å². The number of benzene rings is 1. The zero-order chi connectivity index (χ0) is 17.5. The second kappa shape index (κ2) is 9.07. The predicted octanol–water partition coefficient (Wildman–Crippen LogP) is 2.95. The molecule has 3 rings (SSSR count). The minimum Gasteiger partial charge on any atom is -0.493 e. The quantitative estimate of drug-likeness (QED) is 0.662. The van der Waals surface area contributed by atoms with Crippen LogP contribution in [0.4, 0.5) is 0 Å². The van der Waals surface area contributed by atoms with Gasteiger partial charge >= 0.3 is 0 Å². The highest BCUT2D eigenvalue weighted by Crippen LogP contribution is 2.31. The summed E-state index contributed by atoms with van der Waals surface area (Å²) in [4.78, 5) is 2.66. The van der Waals surface area contributed by atoms with E-state index >= 15 is 0 Å².